The molecule has 2 rings (SSSR count). The number of likely N-dealkylation sites (tertiary alicyclic amines) is 1. The predicted molar refractivity (Wildman–Crippen MR) is 85.3 cm³/mol. The van der Waals surface area contributed by atoms with Crippen LogP contribution in [0, 0.1) is 17.8 Å². The lowest BCUT2D eigenvalue weighted by Crippen LogP contribution is -2.43. The fourth-order valence-corrected chi connectivity index (χ4v) is 3.30. The molecular formula is C17H30N2O3. The fraction of sp³-hybridized carbons (Fsp3) is 0.882. The number of carbonyl (C=O) groups is 2. The van der Waals surface area contributed by atoms with Crippen molar-refractivity contribution in [1.29, 1.82) is 0 Å². The highest BCUT2D eigenvalue weighted by atomic mass is 16.5. The molecule has 0 aromatic heterocycles. The lowest BCUT2D eigenvalue weighted by molar-refractivity contribution is -0.137. The van der Waals surface area contributed by atoms with Crippen LogP contribution in [-0.2, 0) is 14.3 Å². The minimum absolute atomic E-state index is 0.0877. The molecule has 1 N–H and O–H groups in total. The SMILES string of the molecule is CCC[C@H]1C[C@H]1C(=O)NCC1CCN(C(=O)COCC)CC1. The number of carbonyl (C=O) groups excluding carboxylic acids is 2. The van der Waals surface area contributed by atoms with E-state index in [9.17, 15) is 9.59 Å². The minimum Gasteiger partial charge on any atom is -0.372 e. The van der Waals surface area contributed by atoms with Gasteiger partial charge in [0.1, 0.15) is 6.61 Å². The predicted octanol–water partition coefficient (Wildman–Crippen LogP) is 1.81. The second-order valence-electron chi connectivity index (χ2n) is 6.60. The van der Waals surface area contributed by atoms with Gasteiger partial charge in [0, 0.05) is 32.2 Å². The van der Waals surface area contributed by atoms with Crippen molar-refractivity contribution in [3.8, 4) is 0 Å². The van der Waals surface area contributed by atoms with Gasteiger partial charge in [0.15, 0.2) is 0 Å². The summed E-state index contributed by atoms with van der Waals surface area (Å²) in [6.07, 6.45) is 5.37. The second-order valence-corrected chi connectivity index (χ2v) is 6.60. The summed E-state index contributed by atoms with van der Waals surface area (Å²) in [5, 5.41) is 3.11. The van der Waals surface area contributed by atoms with E-state index in [1.807, 2.05) is 11.8 Å². The van der Waals surface area contributed by atoms with E-state index >= 15 is 0 Å². The van der Waals surface area contributed by atoms with Crippen molar-refractivity contribution in [2.24, 2.45) is 17.8 Å². The number of nitrogens with one attached hydrogen (secondary N) is 1. The van der Waals surface area contributed by atoms with Crippen LogP contribution in [0.3, 0.4) is 0 Å². The summed E-state index contributed by atoms with van der Waals surface area (Å²) in [5.74, 6) is 1.73. The maximum Gasteiger partial charge on any atom is 0.248 e. The summed E-state index contributed by atoms with van der Waals surface area (Å²) in [6.45, 7) is 7.18. The zero-order chi connectivity index (χ0) is 15.9. The molecule has 0 unspecified atom stereocenters. The van der Waals surface area contributed by atoms with Gasteiger partial charge in [-0.05, 0) is 44.4 Å². The van der Waals surface area contributed by atoms with E-state index in [2.05, 4.69) is 12.2 Å². The lowest BCUT2D eigenvalue weighted by Gasteiger charge is -2.32. The van der Waals surface area contributed by atoms with Gasteiger partial charge in [-0.2, -0.15) is 0 Å². The molecule has 5 heteroatoms. The molecule has 1 aliphatic carbocycles. The Morgan fingerprint density at radius 3 is 2.59 bits per heavy atom. The van der Waals surface area contributed by atoms with Gasteiger partial charge in [-0.15, -0.1) is 0 Å². The summed E-state index contributed by atoms with van der Waals surface area (Å²) in [7, 11) is 0. The van der Waals surface area contributed by atoms with E-state index in [0.29, 0.717) is 18.4 Å². The molecule has 0 aromatic carbocycles. The summed E-state index contributed by atoms with van der Waals surface area (Å²) >= 11 is 0. The first kappa shape index (κ1) is 17.3. The van der Waals surface area contributed by atoms with Crippen LogP contribution in [0.2, 0.25) is 0 Å². The van der Waals surface area contributed by atoms with Gasteiger partial charge in [-0.25, -0.2) is 0 Å². The van der Waals surface area contributed by atoms with E-state index in [4.69, 9.17) is 4.74 Å². The molecule has 0 bridgehead atoms. The van der Waals surface area contributed by atoms with Crippen LogP contribution in [0.1, 0.15) is 46.0 Å². The van der Waals surface area contributed by atoms with Gasteiger partial charge in [0.05, 0.1) is 0 Å². The first-order chi connectivity index (χ1) is 10.7. The average molecular weight is 310 g/mol. The largest absolute Gasteiger partial charge is 0.372 e. The van der Waals surface area contributed by atoms with Crippen molar-refractivity contribution in [1.82, 2.24) is 10.2 Å². The second kappa shape index (κ2) is 8.51. The van der Waals surface area contributed by atoms with Crippen LogP contribution in [0.25, 0.3) is 0 Å². The molecule has 2 fully saturated rings. The zero-order valence-electron chi connectivity index (χ0n) is 14.0. The fourth-order valence-electron chi connectivity index (χ4n) is 3.30. The number of ether oxygens (including phenoxy) is 1. The van der Waals surface area contributed by atoms with Gasteiger partial charge in [0.25, 0.3) is 0 Å². The standard InChI is InChI=1S/C17H30N2O3/c1-3-5-14-10-15(14)17(21)18-11-13-6-8-19(9-7-13)16(20)12-22-4-2/h13-15H,3-12H2,1-2H3,(H,18,21)/t14-,15+/m0/s1. The van der Waals surface area contributed by atoms with Gasteiger partial charge in [-0.1, -0.05) is 13.3 Å². The maximum atomic E-state index is 12.0. The lowest BCUT2D eigenvalue weighted by atomic mass is 9.96. The average Bonchev–Trinajstić information content (AvgIpc) is 3.30. The summed E-state index contributed by atoms with van der Waals surface area (Å²) < 4.78 is 5.17. The molecule has 1 heterocycles. The van der Waals surface area contributed by atoms with E-state index in [1.54, 1.807) is 0 Å². The Bertz CT molecular complexity index is 378. The summed E-state index contributed by atoms with van der Waals surface area (Å²) in [4.78, 5) is 25.8. The maximum absolute atomic E-state index is 12.0. The molecule has 2 amide bonds. The monoisotopic (exact) mass is 310 g/mol. The Labute approximate surface area is 133 Å². The Hall–Kier alpha value is -1.10. The minimum atomic E-state index is 0.0877. The van der Waals surface area contributed by atoms with Crippen molar-refractivity contribution >= 4 is 11.8 Å². The number of hydrogen-bond donors (Lipinski definition) is 1. The molecular weight excluding hydrogens is 280 g/mol. The summed E-state index contributed by atoms with van der Waals surface area (Å²) in [5.41, 5.74) is 0. The normalized spacial score (nSPS) is 25.1. The quantitative estimate of drug-likeness (QED) is 0.744. The molecule has 1 aliphatic heterocycles. The van der Waals surface area contributed by atoms with Gasteiger partial charge in [0.2, 0.25) is 11.8 Å². The van der Waals surface area contributed by atoms with Crippen LogP contribution in [-0.4, -0.2) is 49.6 Å². The Morgan fingerprint density at radius 1 is 1.23 bits per heavy atom. The van der Waals surface area contributed by atoms with Gasteiger partial charge >= 0.3 is 0 Å². The van der Waals surface area contributed by atoms with Gasteiger partial charge in [-0.3, -0.25) is 9.59 Å². The number of piperidine rings is 1. The molecule has 0 spiro atoms. The van der Waals surface area contributed by atoms with Crippen LogP contribution >= 0.6 is 0 Å². The highest BCUT2D eigenvalue weighted by Crippen LogP contribution is 2.42. The first-order valence-electron chi connectivity index (χ1n) is 8.78. The molecule has 5 nitrogen and oxygen atoms in total. The molecule has 0 aromatic rings. The number of nitrogens with zero attached hydrogens (tertiary/aromatic N) is 1. The summed E-state index contributed by atoms with van der Waals surface area (Å²) in [6, 6.07) is 0. The molecule has 126 valence electrons. The van der Waals surface area contributed by atoms with E-state index in [-0.39, 0.29) is 24.3 Å². The number of hydrogen-bond acceptors (Lipinski definition) is 3. The Balaban J connectivity index is 1.59. The van der Waals surface area contributed by atoms with Crippen molar-refractivity contribution in [2.45, 2.75) is 46.0 Å². The molecule has 1 saturated heterocycles. The molecule has 1 saturated carbocycles. The third-order valence-corrected chi connectivity index (χ3v) is 4.88. The van der Waals surface area contributed by atoms with Crippen molar-refractivity contribution in [3.63, 3.8) is 0 Å². The Kier molecular flexibility index (Phi) is 6.68. The third-order valence-electron chi connectivity index (χ3n) is 4.88. The van der Waals surface area contributed by atoms with E-state index in [0.717, 1.165) is 38.9 Å². The van der Waals surface area contributed by atoms with E-state index in [1.165, 1.54) is 12.8 Å². The Morgan fingerprint density at radius 2 is 1.95 bits per heavy atom. The molecule has 2 atom stereocenters. The van der Waals surface area contributed by atoms with Gasteiger partial charge < -0.3 is 15.0 Å². The van der Waals surface area contributed by atoms with E-state index < -0.39 is 0 Å². The molecule has 22 heavy (non-hydrogen) atoms. The third kappa shape index (κ3) is 4.97. The first-order valence-corrected chi connectivity index (χ1v) is 8.78. The van der Waals surface area contributed by atoms with Crippen molar-refractivity contribution in [3.05, 3.63) is 0 Å². The zero-order valence-corrected chi connectivity index (χ0v) is 14.0. The smallest absolute Gasteiger partial charge is 0.248 e. The molecule has 2 aliphatic rings. The topological polar surface area (TPSA) is 58.6 Å². The van der Waals surface area contributed by atoms with Crippen LogP contribution in [0.15, 0.2) is 0 Å². The van der Waals surface area contributed by atoms with Crippen LogP contribution in [0.4, 0.5) is 0 Å². The van der Waals surface area contributed by atoms with Crippen LogP contribution < -0.4 is 5.32 Å². The van der Waals surface area contributed by atoms with Crippen molar-refractivity contribution in [2.75, 3.05) is 32.8 Å². The van der Waals surface area contributed by atoms with Crippen LogP contribution in [0.5, 0.6) is 0 Å². The number of amides is 2. The highest BCUT2D eigenvalue weighted by Gasteiger charge is 2.41. The molecule has 0 radical (unpaired) electrons. The number of rotatable bonds is 8. The highest BCUT2D eigenvalue weighted by molar-refractivity contribution is 5.81. The van der Waals surface area contributed by atoms with Crippen molar-refractivity contribution < 1.29 is 14.3 Å².